The number of anilines is 1. The lowest BCUT2D eigenvalue weighted by Gasteiger charge is -2.25. The highest BCUT2D eigenvalue weighted by Crippen LogP contribution is 2.15. The van der Waals surface area contributed by atoms with Crippen LogP contribution in [-0.4, -0.2) is 47.1 Å². The van der Waals surface area contributed by atoms with Crippen molar-refractivity contribution < 1.29 is 9.90 Å². The second kappa shape index (κ2) is 6.52. The Morgan fingerprint density at radius 1 is 1.37 bits per heavy atom. The van der Waals surface area contributed by atoms with Gasteiger partial charge in [0.25, 0.3) is 5.91 Å². The minimum absolute atomic E-state index is 0.0716. The molecule has 0 unspecified atom stereocenters. The molecule has 1 amide bonds. The predicted octanol–water partition coefficient (Wildman–Crippen LogP) is 1.75. The Balaban J connectivity index is 2.65. The van der Waals surface area contributed by atoms with Gasteiger partial charge in [-0.05, 0) is 25.0 Å². The summed E-state index contributed by atoms with van der Waals surface area (Å²) in [5, 5.41) is 13.3. The molecule has 0 atom stereocenters. The van der Waals surface area contributed by atoms with Gasteiger partial charge in [0.15, 0.2) is 0 Å². The zero-order chi connectivity index (χ0) is 14.5. The van der Waals surface area contributed by atoms with Crippen LogP contribution in [0.3, 0.4) is 0 Å². The summed E-state index contributed by atoms with van der Waals surface area (Å²) in [4.78, 5) is 17.4. The van der Waals surface area contributed by atoms with E-state index in [2.05, 4.69) is 10.3 Å². The van der Waals surface area contributed by atoms with Gasteiger partial charge in [-0.3, -0.25) is 4.79 Å². The van der Waals surface area contributed by atoms with Crippen molar-refractivity contribution >= 4 is 11.7 Å². The molecule has 0 fully saturated rings. The normalized spacial score (nSPS) is 11.2. The fourth-order valence-electron chi connectivity index (χ4n) is 1.64. The first-order valence-corrected chi connectivity index (χ1v) is 6.56. The van der Waals surface area contributed by atoms with E-state index in [9.17, 15) is 9.90 Å². The zero-order valence-corrected chi connectivity index (χ0v) is 12.1. The highest BCUT2D eigenvalue weighted by atomic mass is 16.3. The molecule has 0 aliphatic rings. The van der Waals surface area contributed by atoms with Crippen LogP contribution in [0.4, 0.5) is 5.82 Å². The highest BCUT2D eigenvalue weighted by molar-refractivity contribution is 5.93. The molecule has 0 saturated heterocycles. The average Bonchev–Trinajstić information content (AvgIpc) is 2.44. The zero-order valence-electron chi connectivity index (χ0n) is 12.1. The van der Waals surface area contributed by atoms with Crippen LogP contribution in [0.1, 0.15) is 37.0 Å². The number of pyridine rings is 1. The van der Waals surface area contributed by atoms with E-state index in [-0.39, 0.29) is 5.91 Å². The third-order valence-electron chi connectivity index (χ3n) is 3.33. The van der Waals surface area contributed by atoms with Crippen LogP contribution in [0.25, 0.3) is 0 Å². The molecule has 1 aromatic rings. The molecule has 0 aliphatic carbocycles. The van der Waals surface area contributed by atoms with Gasteiger partial charge in [-0.25, -0.2) is 4.98 Å². The lowest BCUT2D eigenvalue weighted by Crippen LogP contribution is -2.35. The highest BCUT2D eigenvalue weighted by Gasteiger charge is 2.21. The van der Waals surface area contributed by atoms with E-state index < -0.39 is 5.60 Å². The van der Waals surface area contributed by atoms with Crippen LogP contribution >= 0.6 is 0 Å². The number of amides is 1. The van der Waals surface area contributed by atoms with Crippen molar-refractivity contribution in [2.75, 3.05) is 26.0 Å². The fraction of sp³-hybridized carbons (Fsp3) is 0.571. The van der Waals surface area contributed by atoms with Crippen molar-refractivity contribution in [2.24, 2.45) is 0 Å². The molecule has 1 heterocycles. The van der Waals surface area contributed by atoms with Gasteiger partial charge >= 0.3 is 0 Å². The van der Waals surface area contributed by atoms with E-state index in [1.165, 1.54) is 4.90 Å². The van der Waals surface area contributed by atoms with E-state index in [1.54, 1.807) is 32.4 Å². The summed E-state index contributed by atoms with van der Waals surface area (Å²) >= 11 is 0. The van der Waals surface area contributed by atoms with Gasteiger partial charge in [0.05, 0.1) is 11.2 Å². The largest absolute Gasteiger partial charge is 0.388 e. The van der Waals surface area contributed by atoms with Gasteiger partial charge in [0, 0.05) is 26.8 Å². The van der Waals surface area contributed by atoms with E-state index in [1.807, 2.05) is 13.8 Å². The van der Waals surface area contributed by atoms with Gasteiger partial charge < -0.3 is 15.3 Å². The van der Waals surface area contributed by atoms with E-state index >= 15 is 0 Å². The fourth-order valence-corrected chi connectivity index (χ4v) is 1.64. The maximum atomic E-state index is 11.7. The van der Waals surface area contributed by atoms with Crippen molar-refractivity contribution in [3.05, 3.63) is 23.9 Å². The number of hydrogen-bond acceptors (Lipinski definition) is 4. The number of nitrogens with one attached hydrogen (secondary N) is 1. The molecule has 5 heteroatoms. The molecule has 0 aliphatic heterocycles. The number of rotatable bonds is 6. The Kier molecular flexibility index (Phi) is 5.30. The first kappa shape index (κ1) is 15.4. The first-order chi connectivity index (χ1) is 8.91. The van der Waals surface area contributed by atoms with E-state index in [0.717, 1.165) is 0 Å². The lowest BCUT2D eigenvalue weighted by atomic mass is 9.98. The molecule has 1 rings (SSSR count). The molecule has 106 valence electrons. The SMILES string of the molecule is CCC(O)(CC)CNc1ccc(C(=O)N(C)C)cn1. The number of hydrogen-bond donors (Lipinski definition) is 2. The van der Waals surface area contributed by atoms with Crippen LogP contribution in [0.5, 0.6) is 0 Å². The molecule has 1 aromatic heterocycles. The Hall–Kier alpha value is -1.62. The summed E-state index contributed by atoms with van der Waals surface area (Å²) in [6, 6.07) is 3.48. The Morgan fingerprint density at radius 2 is 2.00 bits per heavy atom. The number of nitrogens with zero attached hydrogens (tertiary/aromatic N) is 2. The summed E-state index contributed by atoms with van der Waals surface area (Å²) in [5.74, 6) is 0.591. The maximum absolute atomic E-state index is 11.7. The summed E-state index contributed by atoms with van der Waals surface area (Å²) in [7, 11) is 3.41. The number of carbonyl (C=O) groups excluding carboxylic acids is 1. The van der Waals surface area contributed by atoms with Crippen LogP contribution in [0, 0.1) is 0 Å². The average molecular weight is 265 g/mol. The third-order valence-corrected chi connectivity index (χ3v) is 3.33. The Morgan fingerprint density at radius 3 is 2.42 bits per heavy atom. The maximum Gasteiger partial charge on any atom is 0.254 e. The van der Waals surface area contributed by atoms with Crippen molar-refractivity contribution in [3.63, 3.8) is 0 Å². The van der Waals surface area contributed by atoms with Crippen LogP contribution < -0.4 is 5.32 Å². The van der Waals surface area contributed by atoms with E-state index in [4.69, 9.17) is 0 Å². The Labute approximate surface area is 114 Å². The Bertz CT molecular complexity index is 411. The van der Waals surface area contributed by atoms with Crippen LogP contribution in [-0.2, 0) is 0 Å². The molecular weight excluding hydrogens is 242 g/mol. The van der Waals surface area contributed by atoms with Crippen molar-refractivity contribution in [1.29, 1.82) is 0 Å². The second-order valence-corrected chi connectivity index (χ2v) is 4.92. The molecule has 0 spiro atoms. The van der Waals surface area contributed by atoms with Crippen molar-refractivity contribution in [3.8, 4) is 0 Å². The smallest absolute Gasteiger partial charge is 0.254 e. The topological polar surface area (TPSA) is 65.5 Å². The monoisotopic (exact) mass is 265 g/mol. The molecule has 0 radical (unpaired) electrons. The van der Waals surface area contributed by atoms with Gasteiger partial charge in [-0.2, -0.15) is 0 Å². The minimum Gasteiger partial charge on any atom is -0.388 e. The summed E-state index contributed by atoms with van der Waals surface area (Å²) < 4.78 is 0. The summed E-state index contributed by atoms with van der Waals surface area (Å²) in [6.07, 6.45) is 2.92. The van der Waals surface area contributed by atoms with E-state index in [0.29, 0.717) is 30.8 Å². The molecule has 0 saturated carbocycles. The minimum atomic E-state index is -0.709. The lowest BCUT2D eigenvalue weighted by molar-refractivity contribution is 0.0456. The number of aliphatic hydroxyl groups is 1. The predicted molar refractivity (Wildman–Crippen MR) is 76.3 cm³/mol. The van der Waals surface area contributed by atoms with Gasteiger partial charge in [0.1, 0.15) is 5.82 Å². The van der Waals surface area contributed by atoms with Gasteiger partial charge in [-0.15, -0.1) is 0 Å². The number of carbonyl (C=O) groups is 1. The van der Waals surface area contributed by atoms with Gasteiger partial charge in [0.2, 0.25) is 0 Å². The summed E-state index contributed by atoms with van der Waals surface area (Å²) in [5.41, 5.74) is -0.156. The second-order valence-electron chi connectivity index (χ2n) is 4.92. The first-order valence-electron chi connectivity index (χ1n) is 6.56. The van der Waals surface area contributed by atoms with Crippen molar-refractivity contribution in [1.82, 2.24) is 9.88 Å². The standard InChI is InChI=1S/C14H23N3O2/c1-5-14(19,6-2)10-16-12-8-7-11(9-15-12)13(18)17(3)4/h7-9,19H,5-6,10H2,1-4H3,(H,15,16). The molecule has 0 aromatic carbocycles. The van der Waals surface area contributed by atoms with Gasteiger partial charge in [-0.1, -0.05) is 13.8 Å². The number of aromatic nitrogens is 1. The van der Waals surface area contributed by atoms with Crippen molar-refractivity contribution in [2.45, 2.75) is 32.3 Å². The van der Waals surface area contributed by atoms with Crippen LogP contribution in [0.15, 0.2) is 18.3 Å². The van der Waals surface area contributed by atoms with Crippen LogP contribution in [0.2, 0.25) is 0 Å². The molecule has 5 nitrogen and oxygen atoms in total. The summed E-state index contributed by atoms with van der Waals surface area (Å²) in [6.45, 7) is 4.36. The molecular formula is C14H23N3O2. The molecule has 19 heavy (non-hydrogen) atoms. The molecule has 0 bridgehead atoms. The third kappa shape index (κ3) is 4.21. The molecule has 2 N–H and O–H groups in total. The quantitative estimate of drug-likeness (QED) is 0.822.